The van der Waals surface area contributed by atoms with Crippen LogP contribution in [-0.2, 0) is 6.42 Å². The summed E-state index contributed by atoms with van der Waals surface area (Å²) in [6.07, 6.45) is 4.22. The molecular weight excluding hydrogens is 242 g/mol. The molecular formula is C14H25N3S. The minimum atomic E-state index is 0.663. The van der Waals surface area contributed by atoms with Crippen LogP contribution in [0.3, 0.4) is 0 Å². The molecule has 2 unspecified atom stereocenters. The Morgan fingerprint density at radius 3 is 3.00 bits per heavy atom. The molecule has 0 saturated carbocycles. The van der Waals surface area contributed by atoms with Gasteiger partial charge >= 0.3 is 0 Å². The van der Waals surface area contributed by atoms with Crippen molar-refractivity contribution < 1.29 is 0 Å². The van der Waals surface area contributed by atoms with Gasteiger partial charge in [-0.05, 0) is 12.3 Å². The molecule has 1 aliphatic heterocycles. The fourth-order valence-corrected chi connectivity index (χ4v) is 3.31. The molecule has 2 rings (SSSR count). The highest BCUT2D eigenvalue weighted by Gasteiger charge is 2.28. The molecule has 102 valence electrons. The van der Waals surface area contributed by atoms with Crippen LogP contribution < -0.4 is 5.32 Å². The van der Waals surface area contributed by atoms with E-state index in [2.05, 4.69) is 41.4 Å². The van der Waals surface area contributed by atoms with Gasteiger partial charge in [-0.15, -0.1) is 11.3 Å². The molecule has 0 spiro atoms. The summed E-state index contributed by atoms with van der Waals surface area (Å²) in [5, 5.41) is 7.01. The van der Waals surface area contributed by atoms with Crippen molar-refractivity contribution >= 4 is 11.3 Å². The van der Waals surface area contributed by atoms with Crippen LogP contribution in [0.5, 0.6) is 0 Å². The van der Waals surface area contributed by atoms with E-state index < -0.39 is 0 Å². The van der Waals surface area contributed by atoms with E-state index in [0.717, 1.165) is 19.5 Å². The van der Waals surface area contributed by atoms with Gasteiger partial charge in [0.1, 0.15) is 0 Å². The minimum Gasteiger partial charge on any atom is -0.311 e. The lowest BCUT2D eigenvalue weighted by Crippen LogP contribution is -2.58. The fraction of sp³-hybridized carbons (Fsp3) is 0.786. The van der Waals surface area contributed by atoms with Gasteiger partial charge in [0.2, 0.25) is 0 Å². The van der Waals surface area contributed by atoms with E-state index in [9.17, 15) is 0 Å². The van der Waals surface area contributed by atoms with Gasteiger partial charge < -0.3 is 5.32 Å². The van der Waals surface area contributed by atoms with Gasteiger partial charge in [-0.3, -0.25) is 4.90 Å². The van der Waals surface area contributed by atoms with E-state index in [4.69, 9.17) is 0 Å². The van der Waals surface area contributed by atoms with E-state index in [-0.39, 0.29) is 0 Å². The SMILES string of the molecule is CCC1CN(CCc2nccs2)C(C(C)C)CN1. The molecule has 1 N–H and O–H groups in total. The molecule has 0 bridgehead atoms. The number of nitrogens with zero attached hydrogens (tertiary/aromatic N) is 2. The first-order valence-corrected chi connectivity index (χ1v) is 7.94. The molecule has 0 amide bonds. The number of piperazine rings is 1. The zero-order valence-corrected chi connectivity index (χ0v) is 12.5. The van der Waals surface area contributed by atoms with Gasteiger partial charge in [0, 0.05) is 49.7 Å². The van der Waals surface area contributed by atoms with Crippen molar-refractivity contribution in [1.82, 2.24) is 15.2 Å². The Kier molecular flexibility index (Phi) is 5.15. The Morgan fingerprint density at radius 2 is 2.39 bits per heavy atom. The molecule has 0 aromatic carbocycles. The first kappa shape index (κ1) is 14.0. The number of nitrogens with one attached hydrogen (secondary N) is 1. The minimum absolute atomic E-state index is 0.663. The highest BCUT2D eigenvalue weighted by molar-refractivity contribution is 7.09. The Hall–Kier alpha value is -0.450. The monoisotopic (exact) mass is 267 g/mol. The Bertz CT molecular complexity index is 337. The van der Waals surface area contributed by atoms with E-state index >= 15 is 0 Å². The summed E-state index contributed by atoms with van der Waals surface area (Å²) in [6.45, 7) is 10.4. The van der Waals surface area contributed by atoms with E-state index in [0.29, 0.717) is 18.0 Å². The number of hydrogen-bond donors (Lipinski definition) is 1. The van der Waals surface area contributed by atoms with E-state index in [1.165, 1.54) is 18.0 Å². The first-order chi connectivity index (χ1) is 8.70. The van der Waals surface area contributed by atoms with Gasteiger partial charge in [0.05, 0.1) is 5.01 Å². The van der Waals surface area contributed by atoms with E-state index in [1.54, 1.807) is 11.3 Å². The van der Waals surface area contributed by atoms with Crippen LogP contribution in [0.15, 0.2) is 11.6 Å². The molecule has 1 aromatic rings. The Morgan fingerprint density at radius 1 is 1.56 bits per heavy atom. The summed E-state index contributed by atoms with van der Waals surface area (Å²) in [5.74, 6) is 0.714. The lowest BCUT2D eigenvalue weighted by molar-refractivity contribution is 0.0985. The summed E-state index contributed by atoms with van der Waals surface area (Å²) < 4.78 is 0. The van der Waals surface area contributed by atoms with Crippen molar-refractivity contribution in [3.8, 4) is 0 Å². The second-order valence-electron chi connectivity index (χ2n) is 5.50. The van der Waals surface area contributed by atoms with Crippen LogP contribution in [-0.4, -0.2) is 41.6 Å². The summed E-state index contributed by atoms with van der Waals surface area (Å²) in [7, 11) is 0. The number of hydrogen-bond acceptors (Lipinski definition) is 4. The second kappa shape index (κ2) is 6.64. The van der Waals surface area contributed by atoms with Crippen molar-refractivity contribution in [3.63, 3.8) is 0 Å². The smallest absolute Gasteiger partial charge is 0.0937 e. The van der Waals surface area contributed by atoms with Crippen molar-refractivity contribution in [3.05, 3.63) is 16.6 Å². The predicted octanol–water partition coefficient (Wildman–Crippen LogP) is 2.39. The molecule has 0 radical (unpaired) electrons. The lowest BCUT2D eigenvalue weighted by atomic mass is 9.97. The molecule has 1 saturated heterocycles. The quantitative estimate of drug-likeness (QED) is 0.888. The summed E-state index contributed by atoms with van der Waals surface area (Å²) >= 11 is 1.77. The molecule has 3 nitrogen and oxygen atoms in total. The van der Waals surface area contributed by atoms with Crippen LogP contribution in [0, 0.1) is 5.92 Å². The first-order valence-electron chi connectivity index (χ1n) is 7.06. The zero-order chi connectivity index (χ0) is 13.0. The highest BCUT2D eigenvalue weighted by atomic mass is 32.1. The number of rotatable bonds is 5. The molecule has 4 heteroatoms. The molecule has 18 heavy (non-hydrogen) atoms. The largest absolute Gasteiger partial charge is 0.311 e. The average molecular weight is 267 g/mol. The van der Waals surface area contributed by atoms with Crippen molar-refractivity contribution in [1.29, 1.82) is 0 Å². The molecule has 2 heterocycles. The van der Waals surface area contributed by atoms with Crippen molar-refractivity contribution in [2.75, 3.05) is 19.6 Å². The van der Waals surface area contributed by atoms with Crippen LogP contribution >= 0.6 is 11.3 Å². The van der Waals surface area contributed by atoms with Crippen molar-refractivity contribution in [2.45, 2.75) is 45.7 Å². The molecule has 1 fully saturated rings. The normalized spacial score (nSPS) is 25.8. The summed E-state index contributed by atoms with van der Waals surface area (Å²) in [5.41, 5.74) is 0. The standard InChI is InChI=1S/C14H25N3S/c1-4-12-10-17(13(9-16-12)11(2)3)7-5-14-15-6-8-18-14/h6,8,11-13,16H,4-5,7,9-10H2,1-3H3. The number of thiazole rings is 1. The maximum atomic E-state index is 4.39. The average Bonchev–Trinajstić information content (AvgIpc) is 2.88. The second-order valence-corrected chi connectivity index (χ2v) is 6.47. The maximum Gasteiger partial charge on any atom is 0.0937 e. The number of aromatic nitrogens is 1. The van der Waals surface area contributed by atoms with Crippen LogP contribution in [0.2, 0.25) is 0 Å². The Labute approximate surface area is 115 Å². The summed E-state index contributed by atoms with van der Waals surface area (Å²) in [4.78, 5) is 7.05. The zero-order valence-electron chi connectivity index (χ0n) is 11.7. The topological polar surface area (TPSA) is 28.2 Å². The molecule has 2 atom stereocenters. The maximum absolute atomic E-state index is 4.39. The van der Waals surface area contributed by atoms with E-state index in [1.807, 2.05) is 6.20 Å². The third-order valence-electron chi connectivity index (χ3n) is 3.90. The van der Waals surface area contributed by atoms with Gasteiger partial charge in [0.15, 0.2) is 0 Å². The van der Waals surface area contributed by atoms with Crippen LogP contribution in [0.4, 0.5) is 0 Å². The summed E-state index contributed by atoms with van der Waals surface area (Å²) in [6, 6.07) is 1.34. The lowest BCUT2D eigenvalue weighted by Gasteiger charge is -2.42. The molecule has 1 aliphatic rings. The van der Waals surface area contributed by atoms with Crippen molar-refractivity contribution in [2.24, 2.45) is 5.92 Å². The van der Waals surface area contributed by atoms with Crippen LogP contribution in [0.1, 0.15) is 32.2 Å². The fourth-order valence-electron chi connectivity index (χ4n) is 2.70. The van der Waals surface area contributed by atoms with Crippen LogP contribution in [0.25, 0.3) is 0 Å². The Balaban J connectivity index is 1.92. The van der Waals surface area contributed by atoms with Gasteiger partial charge in [-0.25, -0.2) is 4.98 Å². The van der Waals surface area contributed by atoms with Gasteiger partial charge in [-0.2, -0.15) is 0 Å². The highest BCUT2D eigenvalue weighted by Crippen LogP contribution is 2.17. The van der Waals surface area contributed by atoms with Gasteiger partial charge in [-0.1, -0.05) is 20.8 Å². The molecule has 1 aromatic heterocycles. The third kappa shape index (κ3) is 3.53. The van der Waals surface area contributed by atoms with Gasteiger partial charge in [0.25, 0.3) is 0 Å². The predicted molar refractivity (Wildman–Crippen MR) is 78.1 cm³/mol. The molecule has 0 aliphatic carbocycles. The third-order valence-corrected chi connectivity index (χ3v) is 4.74.